The molecule has 0 unspecified atom stereocenters. The lowest BCUT2D eigenvalue weighted by Gasteiger charge is -2.11. The molecule has 0 aliphatic rings. The largest absolute Gasteiger partial charge is 0.309 e. The van der Waals surface area contributed by atoms with Gasteiger partial charge in [-0.25, -0.2) is 15.0 Å². The highest BCUT2D eigenvalue weighted by Crippen LogP contribution is 2.35. The van der Waals surface area contributed by atoms with E-state index in [1.807, 2.05) is 0 Å². The molecule has 2 heterocycles. The lowest BCUT2D eigenvalue weighted by atomic mass is 10.0. The summed E-state index contributed by atoms with van der Waals surface area (Å²) in [7, 11) is 0. The highest BCUT2D eigenvalue weighted by atomic mass is 15.0. The fourth-order valence-corrected chi connectivity index (χ4v) is 5.04. The summed E-state index contributed by atoms with van der Waals surface area (Å²) in [5, 5.41) is -1.04. The third-order valence-corrected chi connectivity index (χ3v) is 7.23. The van der Waals surface area contributed by atoms with E-state index in [2.05, 4.69) is 15.0 Å². The fraction of sp³-hybridized carbons (Fsp3) is 0. The quantitative estimate of drug-likeness (QED) is 0.180. The molecule has 2 aromatic heterocycles. The van der Waals surface area contributed by atoms with E-state index in [0.717, 1.165) is 4.57 Å². The number of aromatic nitrogens is 4. The van der Waals surface area contributed by atoms with Gasteiger partial charge < -0.3 is 4.57 Å². The summed E-state index contributed by atoms with van der Waals surface area (Å²) in [5.41, 5.74) is -5.66. The Labute approximate surface area is 319 Å². The maximum absolute atomic E-state index is 9.49. The van der Waals surface area contributed by atoms with Crippen molar-refractivity contribution >= 4 is 21.8 Å². The maximum Gasteiger partial charge on any atom is 0.164 e. The van der Waals surface area contributed by atoms with Crippen LogP contribution in [0, 0.1) is 0 Å². The van der Waals surface area contributed by atoms with Crippen molar-refractivity contribution < 1.29 is 34.3 Å². The summed E-state index contributed by atoms with van der Waals surface area (Å²) in [4.78, 5) is 13.3. The summed E-state index contributed by atoms with van der Waals surface area (Å²) in [6.07, 6.45) is 0. The van der Waals surface area contributed by atoms with Crippen molar-refractivity contribution in [3.05, 3.63) is 181 Å². The van der Waals surface area contributed by atoms with Crippen LogP contribution in [-0.2, 0) is 0 Å². The minimum atomic E-state index is -0.972. The monoisotopic (exact) mass is 651 g/mol. The van der Waals surface area contributed by atoms with Crippen molar-refractivity contribution in [1.29, 1.82) is 0 Å². The van der Waals surface area contributed by atoms with Crippen LogP contribution in [0.5, 0.6) is 0 Å². The van der Waals surface area contributed by atoms with Crippen molar-refractivity contribution in [3.8, 4) is 62.1 Å². The summed E-state index contributed by atoms with van der Waals surface area (Å²) in [6, 6.07) is -13.6. The van der Waals surface area contributed by atoms with Gasteiger partial charge in [0.25, 0.3) is 0 Å². The number of benzene rings is 7. The topological polar surface area (TPSA) is 43.6 Å². The molecular formula is C45H30N4. The maximum atomic E-state index is 9.49. The zero-order valence-electron chi connectivity index (χ0n) is 49.7. The van der Waals surface area contributed by atoms with Crippen LogP contribution < -0.4 is 0 Å². The van der Waals surface area contributed by atoms with Crippen LogP contribution in [0.1, 0.15) is 34.3 Å². The first-order chi connectivity index (χ1) is 34.7. The fourth-order valence-electron chi connectivity index (χ4n) is 5.04. The Hall–Kier alpha value is -6.65. The first-order valence-corrected chi connectivity index (χ1v) is 14.4. The van der Waals surface area contributed by atoms with Gasteiger partial charge in [-0.1, -0.05) is 133 Å². The molecule has 0 amide bonds. The van der Waals surface area contributed by atoms with Crippen LogP contribution in [0.2, 0.25) is 0 Å². The van der Waals surface area contributed by atoms with E-state index in [9.17, 15) is 9.60 Å². The van der Waals surface area contributed by atoms with Gasteiger partial charge in [-0.2, -0.15) is 0 Å². The Balaban J connectivity index is 1.38. The van der Waals surface area contributed by atoms with Crippen molar-refractivity contribution in [2.45, 2.75) is 0 Å². The molecule has 0 N–H and O–H groups in total. The molecule has 49 heavy (non-hydrogen) atoms. The van der Waals surface area contributed by atoms with Crippen LogP contribution in [-0.4, -0.2) is 19.5 Å². The van der Waals surface area contributed by atoms with Crippen molar-refractivity contribution in [1.82, 2.24) is 19.5 Å². The predicted octanol–water partition coefficient (Wildman–Crippen LogP) is 11.3. The molecule has 0 saturated heterocycles. The van der Waals surface area contributed by atoms with Crippen LogP contribution in [0.15, 0.2) is 181 Å². The molecular weight excluding hydrogens is 597 g/mol. The Morgan fingerprint density at radius 3 is 1.61 bits per heavy atom. The highest BCUT2D eigenvalue weighted by Gasteiger charge is 2.16. The van der Waals surface area contributed by atoms with E-state index < -0.39 is 224 Å². The van der Waals surface area contributed by atoms with Crippen LogP contribution >= 0.6 is 0 Å². The van der Waals surface area contributed by atoms with Gasteiger partial charge >= 0.3 is 0 Å². The highest BCUT2D eigenvalue weighted by molar-refractivity contribution is 6.10. The number of para-hydroxylation sites is 1. The Kier molecular flexibility index (Phi) is 3.17. The van der Waals surface area contributed by atoms with E-state index in [1.165, 1.54) is 12.1 Å². The smallest absolute Gasteiger partial charge is 0.164 e. The minimum Gasteiger partial charge on any atom is -0.309 e. The third kappa shape index (κ3) is 5.35. The standard InChI is InChI=1S/C45H30N4/c1-4-13-31(14-5-1)35-19-12-20-37(29-35)45-47-43(33-17-8-3-9-18-33)46-44(48-45)34-23-26-38(27-24-34)49-41-22-11-10-21-39(41)40-30-36(25-28-42(40)49)32-15-6-2-7-16-32/h1-30H/i1D,2D,4D,5D,6D,7D,10D,11D,12D,13D,14D,15D,16D,19D,20D,21D,22D,23D,24D,25D,26D,27D,28D,29D,30D. The summed E-state index contributed by atoms with van der Waals surface area (Å²) in [5.74, 6) is -1.52. The van der Waals surface area contributed by atoms with E-state index in [1.54, 1.807) is 18.2 Å². The molecule has 4 nitrogen and oxygen atoms in total. The third-order valence-electron chi connectivity index (χ3n) is 7.23. The number of rotatable bonds is 6. The van der Waals surface area contributed by atoms with Gasteiger partial charge in [-0.05, 0) is 70.6 Å². The van der Waals surface area contributed by atoms with Crippen molar-refractivity contribution in [2.75, 3.05) is 0 Å². The Morgan fingerprint density at radius 2 is 0.898 bits per heavy atom. The SMILES string of the molecule is [2H]c1c([2H])c([2H])c(-c2c([2H])c([2H])c([2H])c(-c3nc(-c4ccccc4)nc(-c4c([2H])c([2H])c(-n5c6c([2H])c([2H])c([2H])c([2H])c6c6c([2H])c(-c7c([2H])c([2H])c([2H])c([2H])c7[2H])c([2H])c([2H])c65)c([2H])c4[2H])n3)c2[2H])c([2H])c1[2H]. The second-order valence-electron chi connectivity index (χ2n) is 10.2. The van der Waals surface area contributed by atoms with Gasteiger partial charge in [-0.15, -0.1) is 0 Å². The number of nitrogens with zero attached hydrogens (tertiary/aromatic N) is 4. The van der Waals surface area contributed by atoms with Gasteiger partial charge in [0.1, 0.15) is 0 Å². The van der Waals surface area contributed by atoms with Crippen LogP contribution in [0.25, 0.3) is 83.9 Å². The van der Waals surface area contributed by atoms with Gasteiger partial charge in [0.2, 0.25) is 0 Å². The summed E-state index contributed by atoms with van der Waals surface area (Å²) in [6.45, 7) is 0. The van der Waals surface area contributed by atoms with E-state index >= 15 is 0 Å². The van der Waals surface area contributed by atoms with Crippen molar-refractivity contribution in [3.63, 3.8) is 0 Å². The molecule has 0 spiro atoms. The van der Waals surface area contributed by atoms with Crippen LogP contribution in [0.4, 0.5) is 0 Å². The molecule has 0 radical (unpaired) electrons. The molecule has 9 rings (SSSR count). The normalized spacial score (nSPS) is 18.4. The molecule has 0 aliphatic heterocycles. The second-order valence-corrected chi connectivity index (χ2v) is 10.2. The van der Waals surface area contributed by atoms with Crippen LogP contribution in [0.3, 0.4) is 0 Å². The van der Waals surface area contributed by atoms with E-state index in [-0.39, 0.29) is 11.4 Å². The lowest BCUT2D eigenvalue weighted by Crippen LogP contribution is -2.00. The first kappa shape index (κ1) is 12.8. The summed E-state index contributed by atoms with van der Waals surface area (Å²) < 4.78 is 221. The zero-order valence-corrected chi connectivity index (χ0v) is 24.7. The molecule has 9 aromatic rings. The molecule has 0 atom stereocenters. The minimum absolute atomic E-state index is 0.235. The van der Waals surface area contributed by atoms with E-state index in [4.69, 9.17) is 24.7 Å². The van der Waals surface area contributed by atoms with Gasteiger partial charge in [-0.3, -0.25) is 0 Å². The number of hydrogen-bond donors (Lipinski definition) is 0. The Bertz CT molecular complexity index is 3940. The molecule has 4 heteroatoms. The van der Waals surface area contributed by atoms with E-state index in [0.29, 0.717) is 0 Å². The first-order valence-electron chi connectivity index (χ1n) is 26.9. The average Bonchev–Trinajstić information content (AvgIpc) is 3.74. The zero-order chi connectivity index (χ0) is 54.3. The predicted molar refractivity (Wildman–Crippen MR) is 201 cm³/mol. The molecule has 230 valence electrons. The number of hydrogen-bond acceptors (Lipinski definition) is 3. The average molecular weight is 652 g/mol. The molecule has 0 saturated carbocycles. The number of fused-ring (bicyclic) bond motifs is 3. The van der Waals surface area contributed by atoms with Crippen molar-refractivity contribution in [2.24, 2.45) is 0 Å². The second kappa shape index (κ2) is 12.2. The van der Waals surface area contributed by atoms with Gasteiger partial charge in [0.05, 0.1) is 45.3 Å². The molecule has 0 bridgehead atoms. The van der Waals surface area contributed by atoms with Gasteiger partial charge in [0, 0.05) is 33.2 Å². The molecule has 0 aliphatic carbocycles. The molecule has 0 fully saturated rings. The lowest BCUT2D eigenvalue weighted by molar-refractivity contribution is 1.07. The van der Waals surface area contributed by atoms with Gasteiger partial charge in [0.15, 0.2) is 17.5 Å². The summed E-state index contributed by atoms with van der Waals surface area (Å²) >= 11 is 0. The molecule has 7 aromatic carbocycles. The Morgan fingerprint density at radius 1 is 0.367 bits per heavy atom.